The molecule has 2 aliphatic rings. The van der Waals surface area contributed by atoms with E-state index >= 15 is 0 Å². The van der Waals surface area contributed by atoms with Crippen molar-refractivity contribution in [3.63, 3.8) is 0 Å². The highest BCUT2D eigenvalue weighted by Gasteiger charge is 2.23. The first-order valence-electron chi connectivity index (χ1n) is 8.79. The molecule has 1 unspecified atom stereocenters. The molecule has 2 heterocycles. The zero-order chi connectivity index (χ0) is 16.2. The lowest BCUT2D eigenvalue weighted by molar-refractivity contribution is 0.0744. The molecule has 0 spiro atoms. The Bertz CT molecular complexity index is 654. The van der Waals surface area contributed by atoms with Crippen LogP contribution in [0.25, 0.3) is 0 Å². The fourth-order valence-corrected chi connectivity index (χ4v) is 3.40. The summed E-state index contributed by atoms with van der Waals surface area (Å²) in [5.41, 5.74) is 1.33. The highest BCUT2D eigenvalue weighted by atomic mass is 16.6. The van der Waals surface area contributed by atoms with Gasteiger partial charge in [-0.25, -0.2) is 0 Å². The van der Waals surface area contributed by atoms with Crippen molar-refractivity contribution in [3.05, 3.63) is 54.6 Å². The molecule has 0 aliphatic carbocycles. The average molecular weight is 324 g/mol. The van der Waals surface area contributed by atoms with Crippen LogP contribution < -0.4 is 14.4 Å². The van der Waals surface area contributed by atoms with Crippen LogP contribution in [0.2, 0.25) is 0 Å². The number of fused-ring (bicyclic) bond motifs is 1. The van der Waals surface area contributed by atoms with Gasteiger partial charge in [-0.1, -0.05) is 30.3 Å². The van der Waals surface area contributed by atoms with Crippen LogP contribution in [-0.2, 0) is 0 Å². The van der Waals surface area contributed by atoms with Crippen molar-refractivity contribution in [1.29, 1.82) is 0 Å². The van der Waals surface area contributed by atoms with Crippen LogP contribution in [0.4, 0.5) is 5.69 Å². The molecule has 0 N–H and O–H groups in total. The minimum absolute atomic E-state index is 0.159. The van der Waals surface area contributed by atoms with Crippen LogP contribution in [0, 0.1) is 0 Å². The number of piperazine rings is 1. The summed E-state index contributed by atoms with van der Waals surface area (Å²) in [6.07, 6.45) is 1.17. The molecule has 2 aromatic rings. The van der Waals surface area contributed by atoms with Gasteiger partial charge in [-0.05, 0) is 24.3 Å². The predicted octanol–water partition coefficient (Wildman–Crippen LogP) is 3.04. The number of rotatable bonds is 4. The quantitative estimate of drug-likeness (QED) is 0.863. The SMILES string of the molecule is c1ccc(N2CCN(CCC3COc4ccccc4O3)CC2)cc1. The van der Waals surface area contributed by atoms with E-state index in [-0.39, 0.29) is 6.10 Å². The molecule has 2 aliphatic heterocycles. The average Bonchev–Trinajstić information content (AvgIpc) is 2.67. The third-order valence-electron chi connectivity index (χ3n) is 4.83. The molecule has 126 valence electrons. The second-order valence-electron chi connectivity index (χ2n) is 6.45. The molecule has 4 nitrogen and oxygen atoms in total. The van der Waals surface area contributed by atoms with Gasteiger partial charge < -0.3 is 14.4 Å². The standard InChI is InChI=1S/C20H24N2O2/c1-2-6-17(7-3-1)22-14-12-21(13-15-22)11-10-18-16-23-19-8-4-5-9-20(19)24-18/h1-9,18H,10-16H2. The highest BCUT2D eigenvalue weighted by Crippen LogP contribution is 2.31. The molecule has 0 saturated carbocycles. The molecule has 1 fully saturated rings. The van der Waals surface area contributed by atoms with E-state index in [1.807, 2.05) is 24.3 Å². The third-order valence-corrected chi connectivity index (χ3v) is 4.83. The number of anilines is 1. The molecule has 0 radical (unpaired) electrons. The molecule has 4 rings (SSSR count). The second-order valence-corrected chi connectivity index (χ2v) is 6.45. The molecular weight excluding hydrogens is 300 g/mol. The van der Waals surface area contributed by atoms with Crippen molar-refractivity contribution in [2.24, 2.45) is 0 Å². The molecule has 1 saturated heterocycles. The summed E-state index contributed by atoms with van der Waals surface area (Å²) >= 11 is 0. The minimum atomic E-state index is 0.159. The van der Waals surface area contributed by atoms with Crippen LogP contribution >= 0.6 is 0 Å². The third kappa shape index (κ3) is 3.49. The first kappa shape index (κ1) is 15.3. The van der Waals surface area contributed by atoms with Crippen molar-refractivity contribution in [3.8, 4) is 11.5 Å². The maximum absolute atomic E-state index is 6.05. The Morgan fingerprint density at radius 2 is 1.54 bits per heavy atom. The Hall–Kier alpha value is -2.20. The van der Waals surface area contributed by atoms with E-state index in [0.717, 1.165) is 50.6 Å². The molecule has 0 aromatic heterocycles. The molecule has 2 aromatic carbocycles. The van der Waals surface area contributed by atoms with Gasteiger partial charge in [0.2, 0.25) is 0 Å². The number of nitrogens with zero attached hydrogens (tertiary/aromatic N) is 2. The summed E-state index contributed by atoms with van der Waals surface area (Å²) in [6, 6.07) is 18.6. The zero-order valence-electron chi connectivity index (χ0n) is 13.9. The normalized spacial score (nSPS) is 20.8. The fourth-order valence-electron chi connectivity index (χ4n) is 3.40. The summed E-state index contributed by atoms with van der Waals surface area (Å²) in [4.78, 5) is 5.00. The molecule has 0 bridgehead atoms. The number of ether oxygens (including phenoxy) is 2. The van der Waals surface area contributed by atoms with Crippen LogP contribution in [0.1, 0.15) is 6.42 Å². The molecule has 24 heavy (non-hydrogen) atoms. The number of para-hydroxylation sites is 3. The summed E-state index contributed by atoms with van der Waals surface area (Å²) in [6.45, 7) is 6.13. The van der Waals surface area contributed by atoms with Gasteiger partial charge in [0.15, 0.2) is 11.5 Å². The Kier molecular flexibility index (Phi) is 4.56. The minimum Gasteiger partial charge on any atom is -0.486 e. The smallest absolute Gasteiger partial charge is 0.161 e. The lowest BCUT2D eigenvalue weighted by Gasteiger charge is -2.37. The zero-order valence-corrected chi connectivity index (χ0v) is 13.9. The van der Waals surface area contributed by atoms with E-state index in [4.69, 9.17) is 9.47 Å². The van der Waals surface area contributed by atoms with Crippen LogP contribution in [0.3, 0.4) is 0 Å². The fraction of sp³-hybridized carbons (Fsp3) is 0.400. The highest BCUT2D eigenvalue weighted by molar-refractivity contribution is 5.46. The van der Waals surface area contributed by atoms with Crippen molar-refractivity contribution in [1.82, 2.24) is 4.90 Å². The molecule has 1 atom stereocenters. The maximum Gasteiger partial charge on any atom is 0.161 e. The Balaban J connectivity index is 1.24. The number of hydrogen-bond donors (Lipinski definition) is 0. The van der Waals surface area contributed by atoms with E-state index in [2.05, 4.69) is 40.1 Å². The molecule has 0 amide bonds. The number of hydrogen-bond acceptors (Lipinski definition) is 4. The topological polar surface area (TPSA) is 24.9 Å². The van der Waals surface area contributed by atoms with Crippen LogP contribution in [0.5, 0.6) is 11.5 Å². The molecular formula is C20H24N2O2. The monoisotopic (exact) mass is 324 g/mol. The predicted molar refractivity (Wildman–Crippen MR) is 96.1 cm³/mol. The lowest BCUT2D eigenvalue weighted by Crippen LogP contribution is -2.47. The van der Waals surface area contributed by atoms with Crippen molar-refractivity contribution in [2.45, 2.75) is 12.5 Å². The van der Waals surface area contributed by atoms with Gasteiger partial charge in [0.05, 0.1) is 0 Å². The first-order chi connectivity index (χ1) is 11.9. The summed E-state index contributed by atoms with van der Waals surface area (Å²) in [5, 5.41) is 0. The van der Waals surface area contributed by atoms with E-state index in [1.165, 1.54) is 5.69 Å². The van der Waals surface area contributed by atoms with E-state index in [1.54, 1.807) is 0 Å². The van der Waals surface area contributed by atoms with E-state index in [0.29, 0.717) is 6.61 Å². The first-order valence-corrected chi connectivity index (χ1v) is 8.79. The lowest BCUT2D eigenvalue weighted by atomic mass is 10.2. The van der Waals surface area contributed by atoms with Crippen molar-refractivity contribution < 1.29 is 9.47 Å². The Morgan fingerprint density at radius 1 is 0.833 bits per heavy atom. The van der Waals surface area contributed by atoms with Gasteiger partial charge in [0.25, 0.3) is 0 Å². The maximum atomic E-state index is 6.05. The summed E-state index contributed by atoms with van der Waals surface area (Å²) in [5.74, 6) is 1.74. The van der Waals surface area contributed by atoms with E-state index < -0.39 is 0 Å². The Morgan fingerprint density at radius 3 is 2.33 bits per heavy atom. The van der Waals surface area contributed by atoms with Crippen LogP contribution in [0.15, 0.2) is 54.6 Å². The van der Waals surface area contributed by atoms with Gasteiger partial charge in [-0.2, -0.15) is 0 Å². The number of benzene rings is 2. The second kappa shape index (κ2) is 7.14. The Labute approximate surface area is 143 Å². The largest absolute Gasteiger partial charge is 0.486 e. The van der Waals surface area contributed by atoms with Gasteiger partial charge in [-0.15, -0.1) is 0 Å². The van der Waals surface area contributed by atoms with Gasteiger partial charge in [0, 0.05) is 44.8 Å². The van der Waals surface area contributed by atoms with Gasteiger partial charge >= 0.3 is 0 Å². The van der Waals surface area contributed by atoms with Crippen molar-refractivity contribution >= 4 is 5.69 Å². The van der Waals surface area contributed by atoms with Gasteiger partial charge in [-0.3, -0.25) is 4.90 Å². The van der Waals surface area contributed by atoms with E-state index in [9.17, 15) is 0 Å². The van der Waals surface area contributed by atoms with Gasteiger partial charge in [0.1, 0.15) is 12.7 Å². The molecule has 4 heteroatoms. The van der Waals surface area contributed by atoms with Crippen molar-refractivity contribution in [2.75, 3.05) is 44.2 Å². The summed E-state index contributed by atoms with van der Waals surface area (Å²) < 4.78 is 11.9. The van der Waals surface area contributed by atoms with Crippen LogP contribution in [-0.4, -0.2) is 50.3 Å². The summed E-state index contributed by atoms with van der Waals surface area (Å²) in [7, 11) is 0.